The van der Waals surface area contributed by atoms with E-state index in [1.165, 1.54) is 5.56 Å². The lowest BCUT2D eigenvalue weighted by atomic mass is 9.92. The number of nitrogens with one attached hydrogen (secondary N) is 1. The predicted molar refractivity (Wildman–Crippen MR) is 77.6 cm³/mol. The second-order valence-electron chi connectivity index (χ2n) is 5.63. The molecule has 1 aliphatic carbocycles. The van der Waals surface area contributed by atoms with Gasteiger partial charge < -0.3 is 15.2 Å². The molecule has 1 unspecified atom stereocenters. The topological polar surface area (TPSA) is 41.5 Å². The zero-order chi connectivity index (χ0) is 13.7. The fourth-order valence-electron chi connectivity index (χ4n) is 2.82. The van der Waals surface area contributed by atoms with E-state index >= 15 is 0 Å². The summed E-state index contributed by atoms with van der Waals surface area (Å²) in [5.41, 5.74) is 1.33. The Hall–Kier alpha value is -1.06. The van der Waals surface area contributed by atoms with Crippen LogP contribution in [0.2, 0.25) is 0 Å². The molecule has 0 bridgehead atoms. The number of benzene rings is 1. The van der Waals surface area contributed by atoms with Crippen LogP contribution in [0.4, 0.5) is 0 Å². The van der Waals surface area contributed by atoms with E-state index in [9.17, 15) is 5.11 Å². The molecule has 19 heavy (non-hydrogen) atoms. The van der Waals surface area contributed by atoms with E-state index in [0.29, 0.717) is 12.1 Å². The van der Waals surface area contributed by atoms with Gasteiger partial charge in [0.1, 0.15) is 5.75 Å². The van der Waals surface area contributed by atoms with Gasteiger partial charge in [-0.2, -0.15) is 0 Å². The summed E-state index contributed by atoms with van der Waals surface area (Å²) < 4.78 is 5.17. The van der Waals surface area contributed by atoms with E-state index in [2.05, 4.69) is 24.4 Å². The minimum atomic E-state index is -0.0741. The van der Waals surface area contributed by atoms with Crippen LogP contribution in [0.1, 0.15) is 38.2 Å². The van der Waals surface area contributed by atoms with Crippen molar-refractivity contribution in [3.05, 3.63) is 29.8 Å². The molecule has 0 heterocycles. The fourth-order valence-corrected chi connectivity index (χ4v) is 2.82. The molecule has 1 saturated carbocycles. The molecule has 3 heteroatoms. The molecule has 0 aromatic heterocycles. The third-order valence-corrected chi connectivity index (χ3v) is 3.92. The Bertz CT molecular complexity index is 369. The van der Waals surface area contributed by atoms with Crippen molar-refractivity contribution in [2.75, 3.05) is 7.11 Å². The highest BCUT2D eigenvalue weighted by atomic mass is 16.5. The van der Waals surface area contributed by atoms with Gasteiger partial charge in [-0.3, -0.25) is 0 Å². The summed E-state index contributed by atoms with van der Waals surface area (Å²) in [7, 11) is 1.69. The summed E-state index contributed by atoms with van der Waals surface area (Å²) in [6.07, 6.45) is 5.01. The first-order valence-corrected chi connectivity index (χ1v) is 7.24. The summed E-state index contributed by atoms with van der Waals surface area (Å²) >= 11 is 0. The Balaban J connectivity index is 1.78. The van der Waals surface area contributed by atoms with Crippen LogP contribution in [0.25, 0.3) is 0 Å². The zero-order valence-corrected chi connectivity index (χ0v) is 11.9. The predicted octanol–water partition coefficient (Wildman–Crippen LogP) is 2.52. The minimum Gasteiger partial charge on any atom is -0.497 e. The molecule has 0 spiro atoms. The SMILES string of the molecule is COc1ccc(CC(C)NC2CCC(O)CC2)cc1. The number of aliphatic hydroxyl groups excluding tert-OH is 1. The summed E-state index contributed by atoms with van der Waals surface area (Å²) in [4.78, 5) is 0. The molecule has 0 amide bonds. The van der Waals surface area contributed by atoms with E-state index in [0.717, 1.165) is 37.9 Å². The third kappa shape index (κ3) is 4.51. The Labute approximate surface area is 116 Å². The van der Waals surface area contributed by atoms with E-state index in [-0.39, 0.29) is 6.10 Å². The smallest absolute Gasteiger partial charge is 0.118 e. The molecule has 1 aliphatic rings. The van der Waals surface area contributed by atoms with Crippen LogP contribution >= 0.6 is 0 Å². The van der Waals surface area contributed by atoms with Crippen molar-refractivity contribution in [2.24, 2.45) is 0 Å². The fraction of sp³-hybridized carbons (Fsp3) is 0.625. The molecule has 1 atom stereocenters. The molecule has 1 aromatic rings. The quantitative estimate of drug-likeness (QED) is 0.857. The second-order valence-corrected chi connectivity index (χ2v) is 5.63. The van der Waals surface area contributed by atoms with Crippen LogP contribution in [-0.4, -0.2) is 30.4 Å². The van der Waals surface area contributed by atoms with Crippen molar-refractivity contribution in [3.8, 4) is 5.75 Å². The van der Waals surface area contributed by atoms with Gasteiger partial charge in [0.25, 0.3) is 0 Å². The highest BCUT2D eigenvalue weighted by Gasteiger charge is 2.20. The highest BCUT2D eigenvalue weighted by molar-refractivity contribution is 5.27. The molecule has 106 valence electrons. The molecule has 1 fully saturated rings. The molecule has 2 N–H and O–H groups in total. The van der Waals surface area contributed by atoms with Crippen molar-refractivity contribution < 1.29 is 9.84 Å². The number of methoxy groups -OCH3 is 1. The van der Waals surface area contributed by atoms with Gasteiger partial charge in [-0.25, -0.2) is 0 Å². The van der Waals surface area contributed by atoms with E-state index in [1.54, 1.807) is 7.11 Å². The lowest BCUT2D eigenvalue weighted by Crippen LogP contribution is -2.40. The van der Waals surface area contributed by atoms with Crippen LogP contribution in [0.3, 0.4) is 0 Å². The third-order valence-electron chi connectivity index (χ3n) is 3.92. The number of rotatable bonds is 5. The largest absolute Gasteiger partial charge is 0.497 e. The monoisotopic (exact) mass is 263 g/mol. The standard InChI is InChI=1S/C16H25NO2/c1-12(17-14-5-7-15(18)8-6-14)11-13-3-9-16(19-2)10-4-13/h3-4,9-10,12,14-15,17-18H,5-8,11H2,1-2H3. The molecule has 3 nitrogen and oxygen atoms in total. The van der Waals surface area contributed by atoms with Gasteiger partial charge in [0.15, 0.2) is 0 Å². The molecule has 0 saturated heterocycles. The van der Waals surface area contributed by atoms with Crippen molar-refractivity contribution in [2.45, 2.75) is 57.2 Å². The maximum absolute atomic E-state index is 9.51. The highest BCUT2D eigenvalue weighted by Crippen LogP contribution is 2.19. The van der Waals surface area contributed by atoms with Gasteiger partial charge in [0, 0.05) is 12.1 Å². The van der Waals surface area contributed by atoms with Gasteiger partial charge >= 0.3 is 0 Å². The maximum atomic E-state index is 9.51. The van der Waals surface area contributed by atoms with Crippen molar-refractivity contribution in [1.29, 1.82) is 0 Å². The first-order valence-electron chi connectivity index (χ1n) is 7.24. The molecular weight excluding hydrogens is 238 g/mol. The molecule has 0 radical (unpaired) electrons. The van der Waals surface area contributed by atoms with E-state index in [1.807, 2.05) is 12.1 Å². The first-order chi connectivity index (χ1) is 9.17. The molecule has 2 rings (SSSR count). The summed E-state index contributed by atoms with van der Waals surface area (Å²) in [6.45, 7) is 2.23. The number of ether oxygens (including phenoxy) is 1. The lowest BCUT2D eigenvalue weighted by Gasteiger charge is -2.29. The number of aliphatic hydroxyl groups is 1. The van der Waals surface area contributed by atoms with Crippen LogP contribution < -0.4 is 10.1 Å². The molecular formula is C16H25NO2. The van der Waals surface area contributed by atoms with Gasteiger partial charge in [-0.05, 0) is 56.7 Å². The van der Waals surface area contributed by atoms with Crippen LogP contribution in [-0.2, 0) is 6.42 Å². The zero-order valence-electron chi connectivity index (χ0n) is 11.9. The van der Waals surface area contributed by atoms with Gasteiger partial charge in [-0.15, -0.1) is 0 Å². The Morgan fingerprint density at radius 3 is 2.42 bits per heavy atom. The first kappa shape index (κ1) is 14.4. The van der Waals surface area contributed by atoms with Crippen LogP contribution in [0.5, 0.6) is 5.75 Å². The Morgan fingerprint density at radius 1 is 1.21 bits per heavy atom. The summed E-state index contributed by atoms with van der Waals surface area (Å²) in [5.74, 6) is 0.908. The van der Waals surface area contributed by atoms with Crippen molar-refractivity contribution in [3.63, 3.8) is 0 Å². The normalized spacial score (nSPS) is 25.0. The summed E-state index contributed by atoms with van der Waals surface area (Å²) in [5, 5.41) is 13.2. The average Bonchev–Trinajstić information content (AvgIpc) is 2.42. The summed E-state index contributed by atoms with van der Waals surface area (Å²) in [6, 6.07) is 9.31. The minimum absolute atomic E-state index is 0.0741. The average molecular weight is 263 g/mol. The van der Waals surface area contributed by atoms with Crippen molar-refractivity contribution >= 4 is 0 Å². The van der Waals surface area contributed by atoms with Crippen LogP contribution in [0, 0.1) is 0 Å². The molecule has 1 aromatic carbocycles. The second kappa shape index (κ2) is 6.92. The van der Waals surface area contributed by atoms with E-state index in [4.69, 9.17) is 4.74 Å². The number of hydrogen-bond donors (Lipinski definition) is 2. The van der Waals surface area contributed by atoms with Gasteiger partial charge in [-0.1, -0.05) is 12.1 Å². The maximum Gasteiger partial charge on any atom is 0.118 e. The molecule has 0 aliphatic heterocycles. The van der Waals surface area contributed by atoms with E-state index < -0.39 is 0 Å². The Morgan fingerprint density at radius 2 is 1.84 bits per heavy atom. The number of hydrogen-bond acceptors (Lipinski definition) is 3. The van der Waals surface area contributed by atoms with Crippen molar-refractivity contribution in [1.82, 2.24) is 5.32 Å². The lowest BCUT2D eigenvalue weighted by molar-refractivity contribution is 0.114. The van der Waals surface area contributed by atoms with Gasteiger partial charge in [0.05, 0.1) is 13.2 Å². The Kier molecular flexibility index (Phi) is 5.23. The van der Waals surface area contributed by atoms with Gasteiger partial charge in [0.2, 0.25) is 0 Å². The van der Waals surface area contributed by atoms with Crippen LogP contribution in [0.15, 0.2) is 24.3 Å².